The number of fused-ring (bicyclic) bond motifs is 3. The zero-order chi connectivity index (χ0) is 33.3. The zero-order valence-corrected chi connectivity index (χ0v) is 28.4. The normalized spacial score (nSPS) is 22.9. The topological polar surface area (TPSA) is 155 Å². The number of benzene rings is 1. The van der Waals surface area contributed by atoms with Crippen molar-refractivity contribution in [1.29, 1.82) is 0 Å². The standard InChI is InChI=1S/C31H49ClN4O8S/c1-5-6-17-43-28(39)30(3,22-45(41,42)25-9-7-23(2)8-10-25)21-31(4,32)29(40)44-20-24(37)18-33-11-12-34-27(38)26-19-35-13-15-36(26)16-14-35/h7-10,24,26,33,37H,5-6,11-22H2,1-4H3,(H,34,38). The fraction of sp³-hybridized carbons (Fsp3) is 0.710. The lowest BCUT2D eigenvalue weighted by Gasteiger charge is -2.46. The molecule has 3 aliphatic rings. The second-order valence-corrected chi connectivity index (χ2v) is 15.4. The van der Waals surface area contributed by atoms with Crippen LogP contribution in [0, 0.1) is 12.3 Å². The molecule has 4 rings (SSSR count). The molecule has 3 saturated heterocycles. The lowest BCUT2D eigenvalue weighted by atomic mass is 9.82. The average molecular weight is 673 g/mol. The largest absolute Gasteiger partial charge is 0.465 e. The Bertz CT molecular complexity index is 1250. The number of halogens is 1. The van der Waals surface area contributed by atoms with Crippen LogP contribution < -0.4 is 10.6 Å². The number of hydrogen-bond acceptors (Lipinski definition) is 11. The Kier molecular flexibility index (Phi) is 13.6. The van der Waals surface area contributed by atoms with Crippen LogP contribution in [0.5, 0.6) is 0 Å². The first-order chi connectivity index (χ1) is 21.2. The van der Waals surface area contributed by atoms with Crippen LogP contribution in [0.15, 0.2) is 29.2 Å². The van der Waals surface area contributed by atoms with Gasteiger partial charge in [0.25, 0.3) is 0 Å². The number of aryl methyl sites for hydroxylation is 1. The minimum Gasteiger partial charge on any atom is -0.465 e. The van der Waals surface area contributed by atoms with Crippen LogP contribution in [0.2, 0.25) is 0 Å². The minimum absolute atomic E-state index is 0.00927. The molecule has 4 atom stereocenters. The predicted molar refractivity (Wildman–Crippen MR) is 171 cm³/mol. The first-order valence-corrected chi connectivity index (χ1v) is 17.7. The molecule has 3 fully saturated rings. The van der Waals surface area contributed by atoms with E-state index in [4.69, 9.17) is 21.1 Å². The number of rotatable bonds is 18. The second kappa shape index (κ2) is 16.5. The van der Waals surface area contributed by atoms with Gasteiger partial charge in [-0.25, -0.2) is 8.42 Å². The summed E-state index contributed by atoms with van der Waals surface area (Å²) in [7, 11) is -3.95. The summed E-state index contributed by atoms with van der Waals surface area (Å²) in [6, 6.07) is 6.15. The summed E-state index contributed by atoms with van der Waals surface area (Å²) in [6.07, 6.45) is -0.0593. The highest BCUT2D eigenvalue weighted by Crippen LogP contribution is 2.37. The average Bonchev–Trinajstić information content (AvgIpc) is 2.99. The summed E-state index contributed by atoms with van der Waals surface area (Å²) in [5, 5.41) is 16.3. The number of carbonyl (C=O) groups excluding carboxylic acids is 3. The highest BCUT2D eigenvalue weighted by Gasteiger charge is 2.48. The number of unbranched alkanes of at least 4 members (excludes halogenated alkanes) is 1. The number of alkyl halides is 1. The molecule has 0 aliphatic carbocycles. The molecular formula is C31H49ClN4O8S. The molecule has 4 unspecified atom stereocenters. The van der Waals surface area contributed by atoms with Crippen LogP contribution in [-0.4, -0.2) is 130 Å². The molecule has 0 radical (unpaired) electrons. The van der Waals surface area contributed by atoms with Gasteiger partial charge in [0.05, 0.1) is 22.7 Å². The van der Waals surface area contributed by atoms with Gasteiger partial charge >= 0.3 is 11.9 Å². The zero-order valence-electron chi connectivity index (χ0n) is 26.8. The smallest absolute Gasteiger partial charge is 0.327 e. The van der Waals surface area contributed by atoms with Crippen LogP contribution >= 0.6 is 11.6 Å². The Labute approximate surface area is 272 Å². The van der Waals surface area contributed by atoms with E-state index in [1.165, 1.54) is 26.0 Å². The number of piperazine rings is 3. The Hall–Kier alpha value is -2.29. The van der Waals surface area contributed by atoms with Gasteiger partial charge in [-0.05, 0) is 45.7 Å². The van der Waals surface area contributed by atoms with Crippen molar-refractivity contribution >= 4 is 39.3 Å². The summed E-state index contributed by atoms with van der Waals surface area (Å²) in [5.41, 5.74) is -0.780. The second-order valence-electron chi connectivity index (χ2n) is 12.6. The first-order valence-electron chi connectivity index (χ1n) is 15.6. The maximum Gasteiger partial charge on any atom is 0.327 e. The highest BCUT2D eigenvalue weighted by atomic mass is 35.5. The summed E-state index contributed by atoms with van der Waals surface area (Å²) in [4.78, 5) is 41.5. The molecule has 3 N–H and O–H groups in total. The lowest BCUT2D eigenvalue weighted by molar-refractivity contribution is -0.157. The maximum atomic E-state index is 13.3. The lowest BCUT2D eigenvalue weighted by Crippen LogP contribution is -2.65. The predicted octanol–water partition coefficient (Wildman–Crippen LogP) is 1.12. The van der Waals surface area contributed by atoms with Crippen molar-refractivity contribution in [2.24, 2.45) is 5.41 Å². The van der Waals surface area contributed by atoms with Crippen molar-refractivity contribution in [2.45, 2.75) is 68.9 Å². The third kappa shape index (κ3) is 10.9. The number of nitrogens with zero attached hydrogens (tertiary/aromatic N) is 2. The van der Waals surface area contributed by atoms with Gasteiger partial charge in [0.15, 0.2) is 9.84 Å². The van der Waals surface area contributed by atoms with Crippen LogP contribution in [0.4, 0.5) is 0 Å². The van der Waals surface area contributed by atoms with E-state index in [0.717, 1.165) is 44.7 Å². The molecule has 45 heavy (non-hydrogen) atoms. The Morgan fingerprint density at radius 1 is 1.07 bits per heavy atom. The molecule has 3 aliphatic heterocycles. The highest BCUT2D eigenvalue weighted by molar-refractivity contribution is 7.91. The van der Waals surface area contributed by atoms with Gasteiger partial charge < -0.3 is 25.2 Å². The number of ether oxygens (including phenoxy) is 2. The van der Waals surface area contributed by atoms with Crippen molar-refractivity contribution in [3.8, 4) is 0 Å². The summed E-state index contributed by atoms with van der Waals surface area (Å²) < 4.78 is 37.3. The van der Waals surface area contributed by atoms with Gasteiger partial charge in [0.1, 0.15) is 23.6 Å². The summed E-state index contributed by atoms with van der Waals surface area (Å²) >= 11 is 6.60. The van der Waals surface area contributed by atoms with Crippen LogP contribution in [0.25, 0.3) is 0 Å². The third-order valence-corrected chi connectivity index (χ3v) is 10.5. The molecule has 1 aromatic rings. The van der Waals surface area contributed by atoms with Crippen molar-refractivity contribution in [1.82, 2.24) is 20.4 Å². The van der Waals surface area contributed by atoms with E-state index in [-0.39, 0.29) is 43.0 Å². The monoisotopic (exact) mass is 672 g/mol. The molecule has 3 heterocycles. The molecule has 12 nitrogen and oxygen atoms in total. The molecule has 1 amide bonds. The maximum absolute atomic E-state index is 13.3. The number of carbonyl (C=O) groups is 3. The molecule has 0 spiro atoms. The van der Waals surface area contributed by atoms with E-state index >= 15 is 0 Å². The quantitative estimate of drug-likeness (QED) is 0.117. The van der Waals surface area contributed by atoms with Crippen LogP contribution in [0.3, 0.4) is 0 Å². The van der Waals surface area contributed by atoms with Gasteiger partial charge in [-0.2, -0.15) is 0 Å². The van der Waals surface area contributed by atoms with Gasteiger partial charge in [0, 0.05) is 52.4 Å². The van der Waals surface area contributed by atoms with Crippen LogP contribution in [-0.2, 0) is 33.7 Å². The first kappa shape index (κ1) is 37.2. The number of esters is 2. The Morgan fingerprint density at radius 2 is 1.73 bits per heavy atom. The number of sulfone groups is 1. The minimum atomic E-state index is -3.95. The van der Waals surface area contributed by atoms with E-state index in [1.54, 1.807) is 12.1 Å². The molecular weight excluding hydrogens is 624 g/mol. The molecule has 0 aromatic heterocycles. The number of hydrogen-bond donors (Lipinski definition) is 3. The van der Waals surface area contributed by atoms with E-state index < -0.39 is 43.9 Å². The van der Waals surface area contributed by atoms with Gasteiger partial charge in [0.2, 0.25) is 5.91 Å². The van der Waals surface area contributed by atoms with E-state index in [2.05, 4.69) is 20.4 Å². The van der Waals surface area contributed by atoms with Gasteiger partial charge in [-0.3, -0.25) is 24.2 Å². The van der Waals surface area contributed by atoms with Crippen molar-refractivity contribution < 1.29 is 37.4 Å². The van der Waals surface area contributed by atoms with E-state index in [9.17, 15) is 27.9 Å². The Morgan fingerprint density at radius 3 is 2.33 bits per heavy atom. The van der Waals surface area contributed by atoms with Crippen LogP contribution in [0.1, 0.15) is 45.6 Å². The summed E-state index contributed by atoms with van der Waals surface area (Å²) in [5.74, 6) is -2.30. The van der Waals surface area contributed by atoms with E-state index in [0.29, 0.717) is 19.5 Å². The number of nitrogens with one attached hydrogen (secondary N) is 2. The molecule has 254 valence electrons. The molecule has 2 bridgehead atoms. The fourth-order valence-electron chi connectivity index (χ4n) is 5.63. The fourth-order valence-corrected chi connectivity index (χ4v) is 7.75. The molecule has 0 saturated carbocycles. The summed E-state index contributed by atoms with van der Waals surface area (Å²) in [6.45, 7) is 11.7. The van der Waals surface area contributed by atoms with E-state index in [1.807, 2.05) is 13.8 Å². The van der Waals surface area contributed by atoms with Crippen molar-refractivity contribution in [3.63, 3.8) is 0 Å². The van der Waals surface area contributed by atoms with Crippen molar-refractivity contribution in [2.75, 3.05) is 71.3 Å². The van der Waals surface area contributed by atoms with Crippen molar-refractivity contribution in [3.05, 3.63) is 29.8 Å². The Balaban J connectivity index is 1.49. The number of aliphatic hydroxyl groups is 1. The SMILES string of the molecule is CCCCOC(=O)C(C)(CC(C)(Cl)C(=O)OCC(O)CNCCNC(=O)C1CN2CCN1CC2)CS(=O)(=O)c1ccc(C)cc1. The number of amides is 1. The number of aliphatic hydroxyl groups excluding tert-OH is 1. The van der Waals surface area contributed by atoms with Gasteiger partial charge in [-0.15, -0.1) is 11.6 Å². The molecule has 14 heteroatoms. The third-order valence-electron chi connectivity index (χ3n) is 8.23. The molecule has 1 aromatic carbocycles. The van der Waals surface area contributed by atoms with Gasteiger partial charge in [-0.1, -0.05) is 31.0 Å².